The summed E-state index contributed by atoms with van der Waals surface area (Å²) in [6.45, 7) is 1.38. The SMILES string of the molecule is CC(=O)CC(C(=O)O)c1cccc(Cl)c1. The number of benzene rings is 1. The Labute approximate surface area is 92.7 Å². The van der Waals surface area contributed by atoms with Crippen LogP contribution in [-0.2, 0) is 9.59 Å². The molecule has 1 aromatic rings. The fourth-order valence-corrected chi connectivity index (χ4v) is 1.56. The molecule has 0 aromatic heterocycles. The van der Waals surface area contributed by atoms with Crippen molar-refractivity contribution in [1.82, 2.24) is 0 Å². The lowest BCUT2D eigenvalue weighted by molar-refractivity contribution is -0.140. The molecule has 0 amide bonds. The van der Waals surface area contributed by atoms with Crippen LogP contribution in [-0.4, -0.2) is 16.9 Å². The van der Waals surface area contributed by atoms with E-state index < -0.39 is 11.9 Å². The number of aliphatic carboxylic acids is 1. The van der Waals surface area contributed by atoms with Crippen LogP contribution in [0.25, 0.3) is 0 Å². The molecule has 1 atom stereocenters. The van der Waals surface area contributed by atoms with Crippen molar-refractivity contribution in [2.45, 2.75) is 19.3 Å². The monoisotopic (exact) mass is 226 g/mol. The molecule has 0 aliphatic heterocycles. The standard InChI is InChI=1S/C11H11ClO3/c1-7(13)5-10(11(14)15)8-3-2-4-9(12)6-8/h2-4,6,10H,5H2,1H3,(H,14,15). The van der Waals surface area contributed by atoms with Crippen molar-refractivity contribution in [3.63, 3.8) is 0 Å². The molecule has 0 saturated heterocycles. The second-order valence-electron chi connectivity index (χ2n) is 3.35. The highest BCUT2D eigenvalue weighted by molar-refractivity contribution is 6.30. The molecule has 0 bridgehead atoms. The average molecular weight is 227 g/mol. The third-order valence-corrected chi connectivity index (χ3v) is 2.28. The Bertz CT molecular complexity index is 387. The number of carboxylic acid groups (broad SMARTS) is 1. The minimum absolute atomic E-state index is 0.00429. The number of rotatable bonds is 4. The summed E-state index contributed by atoms with van der Waals surface area (Å²) in [6, 6.07) is 6.57. The molecule has 4 heteroatoms. The van der Waals surface area contributed by atoms with Gasteiger partial charge in [-0.15, -0.1) is 0 Å². The molecule has 0 heterocycles. The molecule has 1 N–H and O–H groups in total. The summed E-state index contributed by atoms with van der Waals surface area (Å²) in [7, 11) is 0. The Morgan fingerprint density at radius 1 is 1.47 bits per heavy atom. The van der Waals surface area contributed by atoms with E-state index in [0.29, 0.717) is 10.6 Å². The quantitative estimate of drug-likeness (QED) is 0.858. The van der Waals surface area contributed by atoms with E-state index >= 15 is 0 Å². The lowest BCUT2D eigenvalue weighted by Gasteiger charge is -2.10. The Kier molecular flexibility index (Phi) is 3.86. The molecular formula is C11H11ClO3. The summed E-state index contributed by atoms with van der Waals surface area (Å²) in [4.78, 5) is 21.9. The number of Topliss-reactive ketones (excluding diaryl/α,β-unsaturated/α-hetero) is 1. The first-order valence-electron chi connectivity index (χ1n) is 4.48. The van der Waals surface area contributed by atoms with E-state index in [4.69, 9.17) is 16.7 Å². The van der Waals surface area contributed by atoms with Crippen molar-refractivity contribution >= 4 is 23.4 Å². The van der Waals surface area contributed by atoms with Crippen molar-refractivity contribution in [2.75, 3.05) is 0 Å². The fourth-order valence-electron chi connectivity index (χ4n) is 1.36. The molecule has 3 nitrogen and oxygen atoms in total. The maximum Gasteiger partial charge on any atom is 0.311 e. The molecule has 0 radical (unpaired) electrons. The summed E-state index contributed by atoms with van der Waals surface area (Å²) in [5.41, 5.74) is 0.560. The van der Waals surface area contributed by atoms with Gasteiger partial charge >= 0.3 is 5.97 Å². The van der Waals surface area contributed by atoms with Crippen LogP contribution in [0.1, 0.15) is 24.8 Å². The number of ketones is 1. The van der Waals surface area contributed by atoms with Gasteiger partial charge in [0.05, 0.1) is 5.92 Å². The lowest BCUT2D eigenvalue weighted by Crippen LogP contribution is -2.14. The van der Waals surface area contributed by atoms with Crippen molar-refractivity contribution in [2.24, 2.45) is 0 Å². The van der Waals surface area contributed by atoms with Gasteiger partial charge in [-0.1, -0.05) is 23.7 Å². The summed E-state index contributed by atoms with van der Waals surface area (Å²) < 4.78 is 0. The van der Waals surface area contributed by atoms with Crippen LogP contribution < -0.4 is 0 Å². The highest BCUT2D eigenvalue weighted by Gasteiger charge is 2.21. The van der Waals surface area contributed by atoms with E-state index in [1.807, 2.05) is 0 Å². The molecule has 1 rings (SSSR count). The lowest BCUT2D eigenvalue weighted by atomic mass is 9.94. The van der Waals surface area contributed by atoms with E-state index in [-0.39, 0.29) is 12.2 Å². The predicted octanol–water partition coefficient (Wildman–Crippen LogP) is 2.49. The number of hydrogen-bond donors (Lipinski definition) is 1. The first-order chi connectivity index (χ1) is 7.00. The number of carboxylic acids is 1. The van der Waals surface area contributed by atoms with Gasteiger partial charge in [0.15, 0.2) is 0 Å². The summed E-state index contributed by atoms with van der Waals surface area (Å²) in [6.07, 6.45) is -0.00429. The largest absolute Gasteiger partial charge is 0.481 e. The average Bonchev–Trinajstić information content (AvgIpc) is 2.13. The molecule has 15 heavy (non-hydrogen) atoms. The van der Waals surface area contributed by atoms with Gasteiger partial charge in [-0.25, -0.2) is 0 Å². The van der Waals surface area contributed by atoms with E-state index in [1.165, 1.54) is 6.92 Å². The van der Waals surface area contributed by atoms with Crippen LogP contribution >= 0.6 is 11.6 Å². The highest BCUT2D eigenvalue weighted by Crippen LogP contribution is 2.23. The third-order valence-electron chi connectivity index (χ3n) is 2.04. The Morgan fingerprint density at radius 2 is 2.13 bits per heavy atom. The van der Waals surface area contributed by atoms with E-state index in [9.17, 15) is 9.59 Å². The van der Waals surface area contributed by atoms with Gasteiger partial charge in [0.1, 0.15) is 5.78 Å². The number of carbonyl (C=O) groups excluding carboxylic acids is 1. The third kappa shape index (κ3) is 3.36. The number of carbonyl (C=O) groups is 2. The number of halogens is 1. The second kappa shape index (κ2) is 4.94. The highest BCUT2D eigenvalue weighted by atomic mass is 35.5. The van der Waals surface area contributed by atoms with Crippen molar-refractivity contribution < 1.29 is 14.7 Å². The molecule has 0 spiro atoms. The summed E-state index contributed by atoms with van der Waals surface area (Å²) >= 11 is 5.75. The maximum atomic E-state index is 11.0. The van der Waals surface area contributed by atoms with Gasteiger partial charge in [0.2, 0.25) is 0 Å². The van der Waals surface area contributed by atoms with Gasteiger partial charge in [0, 0.05) is 11.4 Å². The Balaban J connectivity index is 2.98. The van der Waals surface area contributed by atoms with Crippen LogP contribution in [0.5, 0.6) is 0 Å². The Hall–Kier alpha value is -1.35. The van der Waals surface area contributed by atoms with Gasteiger partial charge in [-0.05, 0) is 24.6 Å². The van der Waals surface area contributed by atoms with Gasteiger partial charge in [-0.2, -0.15) is 0 Å². The molecule has 0 fully saturated rings. The molecule has 1 aromatic carbocycles. The molecular weight excluding hydrogens is 216 g/mol. The van der Waals surface area contributed by atoms with E-state index in [2.05, 4.69) is 0 Å². The summed E-state index contributed by atoms with van der Waals surface area (Å²) in [5, 5.41) is 9.45. The normalized spacial score (nSPS) is 12.1. The zero-order valence-electron chi connectivity index (χ0n) is 8.24. The smallest absolute Gasteiger partial charge is 0.311 e. The van der Waals surface area contributed by atoms with Crippen molar-refractivity contribution in [3.05, 3.63) is 34.9 Å². The van der Waals surface area contributed by atoms with Gasteiger partial charge < -0.3 is 5.11 Å². The summed E-state index contributed by atoms with van der Waals surface area (Å²) in [5.74, 6) is -1.96. The first kappa shape index (κ1) is 11.7. The van der Waals surface area contributed by atoms with Crippen LogP contribution in [0.15, 0.2) is 24.3 Å². The molecule has 1 unspecified atom stereocenters. The minimum Gasteiger partial charge on any atom is -0.481 e. The van der Waals surface area contributed by atoms with Gasteiger partial charge in [-0.3, -0.25) is 9.59 Å². The van der Waals surface area contributed by atoms with Crippen LogP contribution in [0.4, 0.5) is 0 Å². The molecule has 0 aliphatic rings. The van der Waals surface area contributed by atoms with Gasteiger partial charge in [0.25, 0.3) is 0 Å². The predicted molar refractivity (Wildman–Crippen MR) is 57.1 cm³/mol. The fraction of sp³-hybridized carbons (Fsp3) is 0.273. The topological polar surface area (TPSA) is 54.4 Å². The Morgan fingerprint density at radius 3 is 2.60 bits per heavy atom. The zero-order chi connectivity index (χ0) is 11.4. The van der Waals surface area contributed by atoms with E-state index in [0.717, 1.165) is 0 Å². The van der Waals surface area contributed by atoms with Crippen LogP contribution in [0.2, 0.25) is 5.02 Å². The first-order valence-corrected chi connectivity index (χ1v) is 4.86. The minimum atomic E-state index is -1.01. The van der Waals surface area contributed by atoms with Crippen LogP contribution in [0, 0.1) is 0 Å². The van der Waals surface area contributed by atoms with Crippen LogP contribution in [0.3, 0.4) is 0 Å². The molecule has 0 aliphatic carbocycles. The van der Waals surface area contributed by atoms with Crippen molar-refractivity contribution in [1.29, 1.82) is 0 Å². The molecule has 0 saturated carbocycles. The van der Waals surface area contributed by atoms with Crippen molar-refractivity contribution in [3.8, 4) is 0 Å². The zero-order valence-corrected chi connectivity index (χ0v) is 8.99. The molecule has 80 valence electrons. The van der Waals surface area contributed by atoms with E-state index in [1.54, 1.807) is 24.3 Å². The second-order valence-corrected chi connectivity index (χ2v) is 3.79. The number of hydrogen-bond acceptors (Lipinski definition) is 2. The maximum absolute atomic E-state index is 11.0.